The normalized spacial score (nSPS) is 12.0. The van der Waals surface area contributed by atoms with Crippen LogP contribution in [0.15, 0.2) is 46.9 Å². The molecule has 0 aromatic heterocycles. The molecule has 1 N–H and O–H groups in total. The fraction of sp³-hybridized carbons (Fsp3) is 0.235. The quantitative estimate of drug-likeness (QED) is 0.720. The maximum Gasteiger partial charge on any atom is 0.255 e. The molecule has 0 fully saturated rings. The van der Waals surface area contributed by atoms with Gasteiger partial charge in [-0.05, 0) is 64.2 Å². The largest absolute Gasteiger partial charge is 0.322 e. The Morgan fingerprint density at radius 2 is 1.90 bits per heavy atom. The highest BCUT2D eigenvalue weighted by Gasteiger charge is 2.09. The third-order valence-corrected chi connectivity index (χ3v) is 4.75. The van der Waals surface area contributed by atoms with E-state index in [4.69, 9.17) is 11.6 Å². The lowest BCUT2D eigenvalue weighted by atomic mass is 9.98. The molecule has 0 radical (unpaired) electrons. The molecule has 1 atom stereocenters. The molecule has 0 bridgehead atoms. The van der Waals surface area contributed by atoms with Crippen LogP contribution in [-0.4, -0.2) is 5.91 Å². The molecule has 0 spiro atoms. The monoisotopic (exact) mass is 365 g/mol. The summed E-state index contributed by atoms with van der Waals surface area (Å²) in [5.41, 5.74) is 2.64. The number of amides is 1. The molecule has 2 aromatic carbocycles. The molecular weight excluding hydrogens is 350 g/mol. The van der Waals surface area contributed by atoms with Gasteiger partial charge in [0.25, 0.3) is 5.91 Å². The Kier molecular flexibility index (Phi) is 5.43. The summed E-state index contributed by atoms with van der Waals surface area (Å²) in [6.07, 6.45) is 1.10. The van der Waals surface area contributed by atoms with Gasteiger partial charge in [0.2, 0.25) is 0 Å². The van der Waals surface area contributed by atoms with Crippen LogP contribution in [0.5, 0.6) is 0 Å². The zero-order valence-electron chi connectivity index (χ0n) is 12.0. The number of rotatable bonds is 4. The fourth-order valence-corrected chi connectivity index (χ4v) is 2.47. The second-order valence-electron chi connectivity index (χ2n) is 5.01. The predicted octanol–water partition coefficient (Wildman–Crippen LogP) is 5.87. The lowest BCUT2D eigenvalue weighted by Gasteiger charge is -2.10. The van der Waals surface area contributed by atoms with Crippen molar-refractivity contribution in [1.29, 1.82) is 0 Å². The average molecular weight is 367 g/mol. The second-order valence-corrected chi connectivity index (χ2v) is 6.28. The first kappa shape index (κ1) is 16.1. The topological polar surface area (TPSA) is 29.1 Å². The molecular formula is C17H17BrClNO. The molecule has 2 nitrogen and oxygen atoms in total. The van der Waals surface area contributed by atoms with Gasteiger partial charge in [-0.15, -0.1) is 0 Å². The molecule has 0 saturated carbocycles. The number of nitrogens with one attached hydrogen (secondary N) is 1. The zero-order valence-corrected chi connectivity index (χ0v) is 14.3. The summed E-state index contributed by atoms with van der Waals surface area (Å²) < 4.78 is 0.712. The van der Waals surface area contributed by atoms with Crippen LogP contribution in [0.25, 0.3) is 0 Å². The SMILES string of the molecule is CCC(C)c1ccc(NC(=O)c2ccc(Cl)c(Br)c2)cc1. The molecule has 0 aliphatic carbocycles. The van der Waals surface area contributed by atoms with E-state index >= 15 is 0 Å². The van der Waals surface area contributed by atoms with Crippen LogP contribution in [0.1, 0.15) is 42.1 Å². The van der Waals surface area contributed by atoms with Gasteiger partial charge in [0.15, 0.2) is 0 Å². The van der Waals surface area contributed by atoms with Crippen molar-refractivity contribution < 1.29 is 4.79 Å². The first-order valence-corrected chi connectivity index (χ1v) is 8.04. The molecule has 4 heteroatoms. The number of anilines is 1. The third kappa shape index (κ3) is 4.08. The molecule has 2 aromatic rings. The highest BCUT2D eigenvalue weighted by atomic mass is 79.9. The van der Waals surface area contributed by atoms with E-state index in [2.05, 4.69) is 47.2 Å². The minimum atomic E-state index is -0.149. The highest BCUT2D eigenvalue weighted by molar-refractivity contribution is 9.10. The summed E-state index contributed by atoms with van der Waals surface area (Å²) in [5.74, 6) is 0.380. The van der Waals surface area contributed by atoms with Crippen LogP contribution >= 0.6 is 27.5 Å². The Labute approximate surface area is 138 Å². The molecule has 21 heavy (non-hydrogen) atoms. The molecule has 0 saturated heterocycles. The summed E-state index contributed by atoms with van der Waals surface area (Å²) in [5, 5.41) is 3.47. The lowest BCUT2D eigenvalue weighted by Crippen LogP contribution is -2.11. The van der Waals surface area contributed by atoms with Gasteiger partial charge in [-0.3, -0.25) is 4.79 Å². The molecule has 2 rings (SSSR count). The second kappa shape index (κ2) is 7.10. The first-order valence-electron chi connectivity index (χ1n) is 6.87. The van der Waals surface area contributed by atoms with Crippen LogP contribution in [0.3, 0.4) is 0 Å². The van der Waals surface area contributed by atoms with E-state index in [1.165, 1.54) is 5.56 Å². The Bertz CT molecular complexity index is 640. The summed E-state index contributed by atoms with van der Waals surface area (Å²) in [7, 11) is 0. The standard InChI is InChI=1S/C17H17BrClNO/c1-3-11(2)12-4-7-14(8-5-12)20-17(21)13-6-9-16(19)15(18)10-13/h4-11H,3H2,1-2H3,(H,20,21). The van der Waals surface area contributed by atoms with E-state index in [0.717, 1.165) is 12.1 Å². The number of carbonyl (C=O) groups excluding carboxylic acids is 1. The summed E-state index contributed by atoms with van der Waals surface area (Å²) in [6.45, 7) is 4.36. The maximum atomic E-state index is 12.2. The van der Waals surface area contributed by atoms with Gasteiger partial charge in [-0.1, -0.05) is 37.6 Å². The Hall–Kier alpha value is -1.32. The van der Waals surface area contributed by atoms with E-state index in [9.17, 15) is 4.79 Å². The first-order chi connectivity index (χ1) is 10.0. The van der Waals surface area contributed by atoms with Gasteiger partial charge < -0.3 is 5.32 Å². The van der Waals surface area contributed by atoms with Crippen molar-refractivity contribution in [2.75, 3.05) is 5.32 Å². The van der Waals surface area contributed by atoms with Gasteiger partial charge in [-0.2, -0.15) is 0 Å². The van der Waals surface area contributed by atoms with Gasteiger partial charge in [0.1, 0.15) is 0 Å². The zero-order chi connectivity index (χ0) is 15.4. The van der Waals surface area contributed by atoms with E-state index in [0.29, 0.717) is 21.0 Å². The summed E-state index contributed by atoms with van der Waals surface area (Å²) in [4.78, 5) is 12.2. The van der Waals surface area contributed by atoms with Gasteiger partial charge in [-0.25, -0.2) is 0 Å². The lowest BCUT2D eigenvalue weighted by molar-refractivity contribution is 0.102. The van der Waals surface area contributed by atoms with Crippen molar-refractivity contribution in [3.8, 4) is 0 Å². The van der Waals surface area contributed by atoms with Crippen LogP contribution < -0.4 is 5.32 Å². The average Bonchev–Trinajstić information content (AvgIpc) is 2.50. The van der Waals surface area contributed by atoms with Gasteiger partial charge in [0, 0.05) is 15.7 Å². The van der Waals surface area contributed by atoms with E-state index in [1.54, 1.807) is 18.2 Å². The van der Waals surface area contributed by atoms with Crippen LogP contribution in [0.2, 0.25) is 5.02 Å². The van der Waals surface area contributed by atoms with Gasteiger partial charge in [0.05, 0.1) is 5.02 Å². The highest BCUT2D eigenvalue weighted by Crippen LogP contribution is 2.24. The van der Waals surface area contributed by atoms with Crippen molar-refractivity contribution in [3.05, 3.63) is 63.1 Å². The molecule has 1 amide bonds. The van der Waals surface area contributed by atoms with E-state index in [1.807, 2.05) is 12.1 Å². The minimum absolute atomic E-state index is 0.149. The Morgan fingerprint density at radius 3 is 2.48 bits per heavy atom. The van der Waals surface area contributed by atoms with Crippen molar-refractivity contribution in [3.63, 3.8) is 0 Å². The fourth-order valence-electron chi connectivity index (χ4n) is 1.97. The van der Waals surface area contributed by atoms with E-state index < -0.39 is 0 Å². The molecule has 1 unspecified atom stereocenters. The third-order valence-electron chi connectivity index (χ3n) is 3.53. The summed E-state index contributed by atoms with van der Waals surface area (Å²) in [6, 6.07) is 13.1. The number of hydrogen-bond acceptors (Lipinski definition) is 1. The van der Waals surface area contributed by atoms with E-state index in [-0.39, 0.29) is 5.91 Å². The van der Waals surface area contributed by atoms with Gasteiger partial charge >= 0.3 is 0 Å². The predicted molar refractivity (Wildman–Crippen MR) is 92.3 cm³/mol. The summed E-state index contributed by atoms with van der Waals surface area (Å²) >= 11 is 9.25. The van der Waals surface area contributed by atoms with Crippen molar-refractivity contribution >= 4 is 39.1 Å². The van der Waals surface area contributed by atoms with Crippen molar-refractivity contribution in [2.24, 2.45) is 0 Å². The number of halogens is 2. The Balaban J connectivity index is 2.10. The molecule has 110 valence electrons. The van der Waals surface area contributed by atoms with Crippen LogP contribution in [0, 0.1) is 0 Å². The number of carbonyl (C=O) groups is 1. The Morgan fingerprint density at radius 1 is 1.24 bits per heavy atom. The maximum absolute atomic E-state index is 12.2. The molecule has 0 aliphatic rings. The molecule has 0 heterocycles. The van der Waals surface area contributed by atoms with Crippen molar-refractivity contribution in [1.82, 2.24) is 0 Å². The number of hydrogen-bond donors (Lipinski definition) is 1. The molecule has 0 aliphatic heterocycles. The van der Waals surface area contributed by atoms with Crippen LogP contribution in [-0.2, 0) is 0 Å². The van der Waals surface area contributed by atoms with Crippen LogP contribution in [0.4, 0.5) is 5.69 Å². The number of benzene rings is 2. The minimum Gasteiger partial charge on any atom is -0.322 e. The van der Waals surface area contributed by atoms with Crippen molar-refractivity contribution in [2.45, 2.75) is 26.2 Å². The smallest absolute Gasteiger partial charge is 0.255 e.